The molecule has 0 aliphatic carbocycles. The third kappa shape index (κ3) is 7.32. The maximum atomic E-state index is 11.3. The molecule has 1 fully saturated rings. The molecule has 0 radical (unpaired) electrons. The molecule has 32 heavy (non-hydrogen) atoms. The van der Waals surface area contributed by atoms with Crippen LogP contribution < -0.4 is 15.2 Å². The number of carboxylic acids is 1. The molecular weight excluding hydrogens is 451 g/mol. The Morgan fingerprint density at radius 3 is 2.47 bits per heavy atom. The predicted molar refractivity (Wildman–Crippen MR) is 132 cm³/mol. The van der Waals surface area contributed by atoms with Crippen LogP contribution in [0.2, 0.25) is 5.02 Å². The van der Waals surface area contributed by atoms with Crippen LogP contribution in [0, 0.1) is 5.92 Å². The molecule has 2 aliphatic heterocycles. The van der Waals surface area contributed by atoms with Crippen LogP contribution in [0.4, 0.5) is 5.69 Å². The molecule has 1 aromatic rings. The van der Waals surface area contributed by atoms with Gasteiger partial charge in [0.05, 0.1) is 10.7 Å². The highest BCUT2D eigenvalue weighted by molar-refractivity contribution is 6.33. The minimum absolute atomic E-state index is 0. The van der Waals surface area contributed by atoms with E-state index in [4.69, 9.17) is 26.8 Å². The van der Waals surface area contributed by atoms with Crippen LogP contribution in [0.1, 0.15) is 70.3 Å². The van der Waals surface area contributed by atoms with Gasteiger partial charge >= 0.3 is 5.97 Å². The second-order valence-corrected chi connectivity index (χ2v) is 9.36. The number of piperidine rings is 1. The summed E-state index contributed by atoms with van der Waals surface area (Å²) in [5.41, 5.74) is 7.25. The highest BCUT2D eigenvalue weighted by Crippen LogP contribution is 2.45. The van der Waals surface area contributed by atoms with Crippen molar-refractivity contribution in [2.24, 2.45) is 5.92 Å². The first-order valence-electron chi connectivity index (χ1n) is 11.8. The van der Waals surface area contributed by atoms with Crippen molar-refractivity contribution in [1.29, 1.82) is 0 Å². The number of carboxylic acid groups (broad SMARTS) is 1. The van der Waals surface area contributed by atoms with Crippen LogP contribution >= 0.6 is 24.0 Å². The van der Waals surface area contributed by atoms with Gasteiger partial charge in [0.1, 0.15) is 6.61 Å². The molecule has 182 valence electrons. The fourth-order valence-corrected chi connectivity index (χ4v) is 4.79. The van der Waals surface area contributed by atoms with Gasteiger partial charge in [-0.1, -0.05) is 57.0 Å². The Balaban J connectivity index is 0.00000363. The van der Waals surface area contributed by atoms with E-state index in [0.29, 0.717) is 16.7 Å². The Morgan fingerprint density at radius 1 is 1.16 bits per heavy atom. The quantitative estimate of drug-likeness (QED) is 0.312. The van der Waals surface area contributed by atoms with Gasteiger partial charge in [0, 0.05) is 0 Å². The summed E-state index contributed by atoms with van der Waals surface area (Å²) in [4.78, 5) is 13.9. The van der Waals surface area contributed by atoms with Gasteiger partial charge in [0.15, 0.2) is 11.5 Å². The minimum atomic E-state index is -1.07. The third-order valence-corrected chi connectivity index (χ3v) is 6.82. The molecular formula is C24H38Cl2N2O4. The molecule has 8 heteroatoms. The third-order valence-electron chi connectivity index (χ3n) is 6.51. The van der Waals surface area contributed by atoms with Gasteiger partial charge in [-0.3, -0.25) is 0 Å². The first-order valence-corrected chi connectivity index (χ1v) is 12.2. The number of likely N-dealkylation sites (tertiary alicyclic amines) is 1. The topological polar surface area (TPSA) is 85.0 Å². The molecule has 1 atom stereocenters. The molecule has 0 saturated carbocycles. The summed E-state index contributed by atoms with van der Waals surface area (Å²) in [6.07, 6.45) is 11.5. The van der Waals surface area contributed by atoms with Crippen LogP contribution in [0.25, 0.3) is 0 Å². The number of halogens is 2. The first kappa shape index (κ1) is 26.9. The van der Waals surface area contributed by atoms with Gasteiger partial charge < -0.3 is 25.2 Å². The van der Waals surface area contributed by atoms with E-state index in [9.17, 15) is 9.90 Å². The molecule has 1 aromatic carbocycles. The minimum Gasteiger partial charge on any atom is -0.485 e. The van der Waals surface area contributed by atoms with E-state index < -0.39 is 12.1 Å². The monoisotopic (exact) mass is 488 g/mol. The maximum Gasteiger partial charge on any atom is 0.348 e. The SMILES string of the molecule is CCCCCCCCCN1CCC(Cc2cc(Cl)c(N)c3c2OCC(C(=O)O)O3)CC1.Cl. The zero-order valence-corrected chi connectivity index (χ0v) is 20.7. The molecule has 6 nitrogen and oxygen atoms in total. The highest BCUT2D eigenvalue weighted by Gasteiger charge is 2.32. The zero-order valence-electron chi connectivity index (χ0n) is 19.1. The van der Waals surface area contributed by atoms with Crippen LogP contribution in [0.3, 0.4) is 0 Å². The predicted octanol–water partition coefficient (Wildman–Crippen LogP) is 5.57. The highest BCUT2D eigenvalue weighted by atomic mass is 35.5. The number of hydrogen-bond donors (Lipinski definition) is 2. The van der Waals surface area contributed by atoms with E-state index in [1.54, 1.807) is 0 Å². The summed E-state index contributed by atoms with van der Waals surface area (Å²) in [5.74, 6) is 0.317. The van der Waals surface area contributed by atoms with Gasteiger partial charge in [-0.15, -0.1) is 12.4 Å². The summed E-state index contributed by atoms with van der Waals surface area (Å²) < 4.78 is 11.4. The summed E-state index contributed by atoms with van der Waals surface area (Å²) in [6.45, 7) is 5.70. The average molecular weight is 489 g/mol. The molecule has 3 rings (SSSR count). The Hall–Kier alpha value is -1.37. The van der Waals surface area contributed by atoms with Crippen molar-refractivity contribution < 1.29 is 19.4 Å². The summed E-state index contributed by atoms with van der Waals surface area (Å²) >= 11 is 6.31. The van der Waals surface area contributed by atoms with Crippen molar-refractivity contribution in [2.75, 3.05) is 32.0 Å². The lowest BCUT2D eigenvalue weighted by Gasteiger charge is -2.33. The molecule has 2 heterocycles. The Labute approximate surface area is 203 Å². The molecule has 2 aliphatic rings. The van der Waals surface area contributed by atoms with Crippen molar-refractivity contribution in [2.45, 2.75) is 77.2 Å². The number of nitrogens with two attached hydrogens (primary N) is 1. The van der Waals surface area contributed by atoms with E-state index in [2.05, 4.69) is 11.8 Å². The Morgan fingerprint density at radius 2 is 1.81 bits per heavy atom. The number of benzene rings is 1. The molecule has 0 spiro atoms. The van der Waals surface area contributed by atoms with Crippen LogP contribution in [0.5, 0.6) is 11.5 Å². The molecule has 1 unspecified atom stereocenters. The smallest absolute Gasteiger partial charge is 0.348 e. The van der Waals surface area contributed by atoms with Crippen molar-refractivity contribution in [1.82, 2.24) is 4.90 Å². The summed E-state index contributed by atoms with van der Waals surface area (Å²) in [5, 5.41) is 9.61. The van der Waals surface area contributed by atoms with Crippen LogP contribution in [-0.4, -0.2) is 48.3 Å². The summed E-state index contributed by atoms with van der Waals surface area (Å²) in [6, 6.07) is 1.85. The number of nitrogens with zero attached hydrogens (tertiary/aromatic N) is 1. The molecule has 1 saturated heterocycles. The number of rotatable bonds is 11. The average Bonchev–Trinajstić information content (AvgIpc) is 2.77. The van der Waals surface area contributed by atoms with Gasteiger partial charge in [0.25, 0.3) is 0 Å². The number of aliphatic carboxylic acids is 1. The number of carbonyl (C=O) groups is 1. The van der Waals surface area contributed by atoms with Gasteiger partial charge in [-0.05, 0) is 62.9 Å². The van der Waals surface area contributed by atoms with Crippen molar-refractivity contribution in [3.63, 3.8) is 0 Å². The second-order valence-electron chi connectivity index (χ2n) is 8.96. The normalized spacial score (nSPS) is 18.9. The van der Waals surface area contributed by atoms with Crippen molar-refractivity contribution in [3.8, 4) is 11.5 Å². The molecule has 3 N–H and O–H groups in total. The molecule has 0 aromatic heterocycles. The second kappa shape index (κ2) is 13.4. The Kier molecular flexibility index (Phi) is 11.2. The van der Waals surface area contributed by atoms with Crippen molar-refractivity contribution >= 4 is 35.7 Å². The van der Waals surface area contributed by atoms with E-state index in [-0.39, 0.29) is 30.5 Å². The fraction of sp³-hybridized carbons (Fsp3) is 0.708. The maximum absolute atomic E-state index is 11.3. The molecule has 0 bridgehead atoms. The van der Waals surface area contributed by atoms with E-state index in [1.165, 1.54) is 51.5 Å². The standard InChI is InChI=1S/C24H37ClN2O4.ClH/c1-2-3-4-5-6-7-8-11-27-12-9-17(10-13-27)14-18-15-19(25)21(26)23-22(18)30-16-20(31-23)24(28)29;/h15,17,20H,2-14,16,26H2,1H3,(H,28,29);1H. The lowest BCUT2D eigenvalue weighted by Crippen LogP contribution is -2.37. The van der Waals surface area contributed by atoms with Crippen LogP contribution in [0.15, 0.2) is 6.07 Å². The summed E-state index contributed by atoms with van der Waals surface area (Å²) in [7, 11) is 0. The lowest BCUT2D eigenvalue weighted by molar-refractivity contribution is -0.147. The lowest BCUT2D eigenvalue weighted by atomic mass is 9.89. The van der Waals surface area contributed by atoms with Gasteiger partial charge in [-0.25, -0.2) is 4.79 Å². The molecule has 0 amide bonds. The number of unbranched alkanes of at least 4 members (excludes halogenated alkanes) is 6. The van der Waals surface area contributed by atoms with Crippen molar-refractivity contribution in [3.05, 3.63) is 16.7 Å². The number of ether oxygens (including phenoxy) is 2. The van der Waals surface area contributed by atoms with E-state index in [1.807, 2.05) is 6.07 Å². The van der Waals surface area contributed by atoms with Gasteiger partial charge in [-0.2, -0.15) is 0 Å². The van der Waals surface area contributed by atoms with E-state index >= 15 is 0 Å². The Bertz CT molecular complexity index is 739. The zero-order chi connectivity index (χ0) is 22.2. The number of nitrogen functional groups attached to an aromatic ring is 1. The largest absolute Gasteiger partial charge is 0.485 e. The first-order chi connectivity index (χ1) is 15.0. The van der Waals surface area contributed by atoms with Gasteiger partial charge in [0.2, 0.25) is 6.10 Å². The number of fused-ring (bicyclic) bond motifs is 1. The fourth-order valence-electron chi connectivity index (χ4n) is 4.57. The van der Waals surface area contributed by atoms with E-state index in [0.717, 1.165) is 37.9 Å². The van der Waals surface area contributed by atoms with Crippen LogP contribution in [-0.2, 0) is 11.2 Å². The number of hydrogen-bond acceptors (Lipinski definition) is 5. The number of anilines is 1.